The number of nitrogens with zero attached hydrogens (tertiary/aromatic N) is 2. The van der Waals surface area contributed by atoms with Gasteiger partial charge in [0.2, 0.25) is 5.78 Å². The van der Waals surface area contributed by atoms with E-state index in [1.54, 1.807) is 38.1 Å². The number of hydrogen-bond acceptors (Lipinski definition) is 2. The smallest absolute Gasteiger partial charge is 0.328 e. The number of para-hydroxylation sites is 2. The van der Waals surface area contributed by atoms with Gasteiger partial charge in [0.1, 0.15) is 5.56 Å². The van der Waals surface area contributed by atoms with E-state index in [-0.39, 0.29) is 11.5 Å². The molecule has 116 valence electrons. The van der Waals surface area contributed by atoms with Crippen molar-refractivity contribution < 1.29 is 13.2 Å². The van der Waals surface area contributed by atoms with Crippen molar-refractivity contribution in [3.05, 3.63) is 45.9 Å². The number of aromatic nitrogens is 3. The van der Waals surface area contributed by atoms with Gasteiger partial charge in [-0.2, -0.15) is 13.2 Å². The standard InChI is InChI=1S/C15H14F3N3O/c1-3-8(2)12-11(15(16,17)18)13(22)21-10-7-5-4-6-9(10)19-14(21)20-12/h4-8H,3H2,1-2H3,(H,19,20)/t8-/m0/s1. The first-order chi connectivity index (χ1) is 10.3. The molecule has 0 aliphatic carbocycles. The number of alkyl halides is 3. The Kier molecular flexibility index (Phi) is 3.23. The van der Waals surface area contributed by atoms with Crippen LogP contribution in [0.4, 0.5) is 13.2 Å². The SMILES string of the molecule is CC[C@H](C)c1[nH]c2nc3ccccc3n2c(=O)c1C(F)(F)F. The lowest BCUT2D eigenvalue weighted by atomic mass is 10.00. The van der Waals surface area contributed by atoms with E-state index in [0.717, 1.165) is 4.40 Å². The molecule has 1 aromatic carbocycles. The van der Waals surface area contributed by atoms with Gasteiger partial charge in [0.15, 0.2) is 0 Å². The number of hydrogen-bond donors (Lipinski definition) is 1. The average Bonchev–Trinajstić information content (AvgIpc) is 2.83. The van der Waals surface area contributed by atoms with Crippen molar-refractivity contribution in [1.82, 2.24) is 14.4 Å². The minimum absolute atomic E-state index is 0.109. The molecule has 2 heterocycles. The van der Waals surface area contributed by atoms with Crippen molar-refractivity contribution in [2.24, 2.45) is 0 Å². The van der Waals surface area contributed by atoms with E-state index >= 15 is 0 Å². The number of halogens is 3. The van der Waals surface area contributed by atoms with E-state index in [4.69, 9.17) is 0 Å². The summed E-state index contributed by atoms with van der Waals surface area (Å²) in [6.45, 7) is 3.43. The van der Waals surface area contributed by atoms with Crippen molar-refractivity contribution in [2.75, 3.05) is 0 Å². The van der Waals surface area contributed by atoms with Crippen LogP contribution in [0.25, 0.3) is 16.8 Å². The first-order valence-corrected chi connectivity index (χ1v) is 6.95. The highest BCUT2D eigenvalue weighted by molar-refractivity contribution is 5.79. The lowest BCUT2D eigenvalue weighted by molar-refractivity contribution is -0.139. The Hall–Kier alpha value is -2.31. The van der Waals surface area contributed by atoms with Gasteiger partial charge in [-0.15, -0.1) is 0 Å². The number of rotatable bonds is 2. The average molecular weight is 309 g/mol. The summed E-state index contributed by atoms with van der Waals surface area (Å²) < 4.78 is 41.1. The van der Waals surface area contributed by atoms with Gasteiger partial charge in [0.05, 0.1) is 11.0 Å². The number of imidazole rings is 1. The molecule has 1 N–H and O–H groups in total. The molecule has 0 saturated heterocycles. The fourth-order valence-electron chi connectivity index (χ4n) is 2.57. The zero-order chi connectivity index (χ0) is 16.1. The largest absolute Gasteiger partial charge is 0.423 e. The van der Waals surface area contributed by atoms with Gasteiger partial charge in [-0.1, -0.05) is 26.0 Å². The van der Waals surface area contributed by atoms with Crippen LogP contribution in [0.3, 0.4) is 0 Å². The van der Waals surface area contributed by atoms with Crippen LogP contribution >= 0.6 is 0 Å². The zero-order valence-electron chi connectivity index (χ0n) is 12.0. The molecular formula is C15H14F3N3O. The fraction of sp³-hybridized carbons (Fsp3) is 0.333. The van der Waals surface area contributed by atoms with Crippen LogP contribution in [0.2, 0.25) is 0 Å². The summed E-state index contributed by atoms with van der Waals surface area (Å²) in [4.78, 5) is 19.4. The number of aromatic amines is 1. The molecular weight excluding hydrogens is 295 g/mol. The topological polar surface area (TPSA) is 50.2 Å². The van der Waals surface area contributed by atoms with Crippen molar-refractivity contribution in [2.45, 2.75) is 32.4 Å². The number of nitrogens with one attached hydrogen (secondary N) is 1. The molecule has 0 bridgehead atoms. The van der Waals surface area contributed by atoms with Crippen molar-refractivity contribution in [3.8, 4) is 0 Å². The van der Waals surface area contributed by atoms with Crippen molar-refractivity contribution in [1.29, 1.82) is 0 Å². The highest BCUT2D eigenvalue weighted by Crippen LogP contribution is 2.33. The molecule has 0 radical (unpaired) electrons. The fourth-order valence-corrected chi connectivity index (χ4v) is 2.57. The van der Waals surface area contributed by atoms with Crippen LogP contribution < -0.4 is 5.56 Å². The first-order valence-electron chi connectivity index (χ1n) is 6.95. The normalized spacial score (nSPS) is 13.9. The third kappa shape index (κ3) is 2.08. The van der Waals surface area contributed by atoms with Crippen LogP contribution in [0.1, 0.15) is 37.4 Å². The molecule has 1 atom stereocenters. The third-order valence-electron chi connectivity index (χ3n) is 3.88. The minimum atomic E-state index is -4.72. The summed E-state index contributed by atoms with van der Waals surface area (Å²) in [5, 5.41) is 0. The monoisotopic (exact) mass is 309 g/mol. The van der Waals surface area contributed by atoms with E-state index in [1.165, 1.54) is 0 Å². The molecule has 2 aromatic heterocycles. The molecule has 0 unspecified atom stereocenters. The van der Waals surface area contributed by atoms with E-state index in [9.17, 15) is 18.0 Å². The van der Waals surface area contributed by atoms with E-state index in [1.807, 2.05) is 0 Å². The van der Waals surface area contributed by atoms with Crippen molar-refractivity contribution in [3.63, 3.8) is 0 Å². The molecule has 22 heavy (non-hydrogen) atoms. The summed E-state index contributed by atoms with van der Waals surface area (Å²) in [6.07, 6.45) is -4.23. The van der Waals surface area contributed by atoms with E-state index in [0.29, 0.717) is 17.5 Å². The molecule has 0 aliphatic rings. The predicted octanol–water partition coefficient (Wildman–Crippen LogP) is 3.71. The zero-order valence-corrected chi connectivity index (χ0v) is 12.0. The van der Waals surface area contributed by atoms with Crippen LogP contribution in [0, 0.1) is 0 Å². The van der Waals surface area contributed by atoms with Gasteiger partial charge < -0.3 is 4.98 Å². The molecule has 4 nitrogen and oxygen atoms in total. The summed E-state index contributed by atoms with van der Waals surface area (Å²) in [5.74, 6) is -0.288. The maximum Gasteiger partial charge on any atom is 0.423 e. The number of fused-ring (bicyclic) bond motifs is 3. The Bertz CT molecular complexity index is 908. The van der Waals surface area contributed by atoms with Gasteiger partial charge in [-0.3, -0.25) is 4.79 Å². The summed E-state index contributed by atoms with van der Waals surface area (Å²) in [6, 6.07) is 6.62. The van der Waals surface area contributed by atoms with Gasteiger partial charge >= 0.3 is 6.18 Å². The lowest BCUT2D eigenvalue weighted by Gasteiger charge is -2.16. The van der Waals surface area contributed by atoms with E-state index < -0.39 is 23.2 Å². The summed E-state index contributed by atoms with van der Waals surface area (Å²) >= 11 is 0. The van der Waals surface area contributed by atoms with Gasteiger partial charge in [-0.05, 0) is 24.5 Å². The Balaban J connectivity index is 2.51. The minimum Gasteiger partial charge on any atom is -0.328 e. The maximum atomic E-state index is 13.4. The Morgan fingerprint density at radius 1 is 1.32 bits per heavy atom. The summed E-state index contributed by atoms with van der Waals surface area (Å²) in [5.41, 5.74) is -1.49. The summed E-state index contributed by atoms with van der Waals surface area (Å²) in [7, 11) is 0. The number of H-pyrrole nitrogens is 1. The first kappa shape index (κ1) is 14.6. The van der Waals surface area contributed by atoms with Crippen LogP contribution in [-0.2, 0) is 6.18 Å². The maximum absolute atomic E-state index is 13.4. The van der Waals surface area contributed by atoms with Crippen LogP contribution in [0.15, 0.2) is 29.1 Å². The molecule has 0 fully saturated rings. The van der Waals surface area contributed by atoms with Gasteiger partial charge in [0.25, 0.3) is 5.56 Å². The molecule has 7 heteroatoms. The van der Waals surface area contributed by atoms with Crippen LogP contribution in [-0.4, -0.2) is 14.4 Å². The lowest BCUT2D eigenvalue weighted by Crippen LogP contribution is -2.29. The van der Waals surface area contributed by atoms with Crippen molar-refractivity contribution >= 4 is 16.8 Å². The third-order valence-corrected chi connectivity index (χ3v) is 3.88. The van der Waals surface area contributed by atoms with E-state index in [2.05, 4.69) is 9.97 Å². The quantitative estimate of drug-likeness (QED) is 0.784. The Morgan fingerprint density at radius 2 is 2.00 bits per heavy atom. The second kappa shape index (κ2) is 4.86. The predicted molar refractivity (Wildman–Crippen MR) is 77.0 cm³/mol. The van der Waals surface area contributed by atoms with Gasteiger partial charge in [-0.25, -0.2) is 9.38 Å². The molecule has 3 rings (SSSR count). The highest BCUT2D eigenvalue weighted by atomic mass is 19.4. The second-order valence-corrected chi connectivity index (χ2v) is 5.29. The van der Waals surface area contributed by atoms with Crippen LogP contribution in [0.5, 0.6) is 0 Å². The van der Waals surface area contributed by atoms with Gasteiger partial charge in [0, 0.05) is 5.69 Å². The number of benzene rings is 1. The highest BCUT2D eigenvalue weighted by Gasteiger charge is 2.39. The molecule has 0 aliphatic heterocycles. The Labute approximate surface area is 123 Å². The molecule has 0 amide bonds. The second-order valence-electron chi connectivity index (χ2n) is 5.29. The molecule has 0 saturated carbocycles. The molecule has 3 aromatic rings. The molecule has 0 spiro atoms. The Morgan fingerprint density at radius 3 is 2.64 bits per heavy atom.